The number of nitrogens with zero attached hydrogens (tertiary/aromatic N) is 1. The van der Waals surface area contributed by atoms with E-state index in [2.05, 4.69) is 4.72 Å². The molecule has 1 N–H and O–H groups in total. The molecule has 152 valence electrons. The minimum absolute atomic E-state index is 0.0767. The molecular formula is C20H19ClN2O4S2. The van der Waals surface area contributed by atoms with Crippen molar-refractivity contribution < 1.29 is 17.6 Å². The van der Waals surface area contributed by atoms with E-state index in [0.717, 1.165) is 10.4 Å². The van der Waals surface area contributed by atoms with Crippen molar-refractivity contribution in [2.45, 2.75) is 18.0 Å². The van der Waals surface area contributed by atoms with Gasteiger partial charge in [0.05, 0.1) is 28.6 Å². The standard InChI is InChI=1S/C20H19ClN2O4S2/c1-23(14-17-7-10-19(21)28-17)20(24)11-6-15-4-8-18(9-5-15)29(25,26)22-13-16-3-2-12-27-16/h2-12,22H,13-14H2,1H3. The van der Waals surface area contributed by atoms with Crippen molar-refractivity contribution in [3.8, 4) is 0 Å². The van der Waals surface area contributed by atoms with Crippen LogP contribution in [0.3, 0.4) is 0 Å². The van der Waals surface area contributed by atoms with Crippen molar-refractivity contribution >= 4 is 44.9 Å². The molecule has 1 aromatic carbocycles. The van der Waals surface area contributed by atoms with Crippen LogP contribution in [0.25, 0.3) is 6.08 Å². The number of thiophene rings is 1. The van der Waals surface area contributed by atoms with Gasteiger partial charge in [-0.1, -0.05) is 23.7 Å². The molecule has 0 saturated heterocycles. The number of sulfonamides is 1. The third-order valence-corrected chi connectivity index (χ3v) is 6.66. The predicted molar refractivity (Wildman–Crippen MR) is 114 cm³/mol. The number of rotatable bonds is 8. The van der Waals surface area contributed by atoms with Crippen molar-refractivity contribution in [3.05, 3.63) is 81.4 Å². The SMILES string of the molecule is CN(Cc1ccc(Cl)s1)C(=O)C=Cc1ccc(S(=O)(=O)NCc2ccco2)cc1. The average Bonchev–Trinajstić information content (AvgIpc) is 3.36. The highest BCUT2D eigenvalue weighted by Gasteiger charge is 2.14. The van der Waals surface area contributed by atoms with Gasteiger partial charge in [-0.2, -0.15) is 0 Å². The zero-order chi connectivity index (χ0) is 20.9. The molecule has 0 aliphatic rings. The van der Waals surface area contributed by atoms with Gasteiger partial charge in [0.1, 0.15) is 5.76 Å². The summed E-state index contributed by atoms with van der Waals surface area (Å²) in [5, 5.41) is 0. The molecule has 0 unspecified atom stereocenters. The molecule has 0 saturated carbocycles. The predicted octanol–water partition coefficient (Wildman–Crippen LogP) is 4.14. The first-order valence-corrected chi connectivity index (χ1v) is 11.3. The van der Waals surface area contributed by atoms with E-state index in [1.807, 2.05) is 6.07 Å². The van der Waals surface area contributed by atoms with Crippen LogP contribution in [0.4, 0.5) is 0 Å². The second-order valence-corrected chi connectivity index (χ2v) is 9.77. The normalized spacial score (nSPS) is 11.8. The smallest absolute Gasteiger partial charge is 0.246 e. The maximum atomic E-state index is 12.3. The number of benzene rings is 1. The van der Waals surface area contributed by atoms with Crippen LogP contribution in [0.15, 0.2) is 70.2 Å². The van der Waals surface area contributed by atoms with Gasteiger partial charge in [-0.25, -0.2) is 13.1 Å². The van der Waals surface area contributed by atoms with Gasteiger partial charge in [0.15, 0.2) is 0 Å². The molecule has 0 radical (unpaired) electrons. The number of hydrogen-bond acceptors (Lipinski definition) is 5. The van der Waals surface area contributed by atoms with Crippen LogP contribution in [0.2, 0.25) is 4.34 Å². The van der Waals surface area contributed by atoms with Crippen molar-refractivity contribution in [2.24, 2.45) is 0 Å². The summed E-state index contributed by atoms with van der Waals surface area (Å²) in [4.78, 5) is 15.0. The summed E-state index contributed by atoms with van der Waals surface area (Å²) in [6, 6.07) is 13.3. The van der Waals surface area contributed by atoms with E-state index in [9.17, 15) is 13.2 Å². The summed E-state index contributed by atoms with van der Waals surface area (Å²) in [6.07, 6.45) is 4.58. The summed E-state index contributed by atoms with van der Waals surface area (Å²) in [6.45, 7) is 0.548. The minimum atomic E-state index is -3.65. The Kier molecular flexibility index (Phi) is 6.92. The fourth-order valence-corrected chi connectivity index (χ4v) is 4.60. The van der Waals surface area contributed by atoms with Gasteiger partial charge in [0.2, 0.25) is 15.9 Å². The van der Waals surface area contributed by atoms with Gasteiger partial charge in [0.25, 0.3) is 0 Å². The Hall–Kier alpha value is -2.39. The molecule has 2 aromatic heterocycles. The Balaban J connectivity index is 1.58. The van der Waals surface area contributed by atoms with Crippen LogP contribution in [0, 0.1) is 0 Å². The van der Waals surface area contributed by atoms with Crippen LogP contribution >= 0.6 is 22.9 Å². The lowest BCUT2D eigenvalue weighted by Gasteiger charge is -2.13. The van der Waals surface area contributed by atoms with Crippen molar-refractivity contribution in [2.75, 3.05) is 7.05 Å². The molecule has 0 bridgehead atoms. The molecule has 1 amide bonds. The minimum Gasteiger partial charge on any atom is -0.468 e. The molecule has 9 heteroatoms. The van der Waals surface area contributed by atoms with Gasteiger partial charge in [-0.3, -0.25) is 4.79 Å². The number of carbonyl (C=O) groups is 1. The number of halogens is 1. The van der Waals surface area contributed by atoms with E-state index in [4.69, 9.17) is 16.0 Å². The number of furan rings is 1. The quantitative estimate of drug-likeness (QED) is 0.523. The van der Waals surface area contributed by atoms with Crippen LogP contribution in [-0.4, -0.2) is 26.3 Å². The molecule has 3 aromatic rings. The molecule has 0 aliphatic heterocycles. The number of carbonyl (C=O) groups excluding carboxylic acids is 1. The molecule has 6 nitrogen and oxygen atoms in total. The van der Waals surface area contributed by atoms with Gasteiger partial charge >= 0.3 is 0 Å². The van der Waals surface area contributed by atoms with Crippen LogP contribution in [0.5, 0.6) is 0 Å². The van der Waals surface area contributed by atoms with Gasteiger partial charge in [0, 0.05) is 18.0 Å². The maximum Gasteiger partial charge on any atom is 0.246 e. The van der Waals surface area contributed by atoms with E-state index in [0.29, 0.717) is 16.6 Å². The van der Waals surface area contributed by atoms with Gasteiger partial charge in [-0.15, -0.1) is 11.3 Å². The average molecular weight is 451 g/mol. The molecule has 0 spiro atoms. The summed E-state index contributed by atoms with van der Waals surface area (Å²) in [7, 11) is -1.94. The second kappa shape index (κ2) is 9.41. The number of hydrogen-bond donors (Lipinski definition) is 1. The third kappa shape index (κ3) is 6.04. The zero-order valence-electron chi connectivity index (χ0n) is 15.5. The molecular weight excluding hydrogens is 432 g/mol. The second-order valence-electron chi connectivity index (χ2n) is 6.21. The van der Waals surface area contributed by atoms with Crippen LogP contribution < -0.4 is 4.72 Å². The van der Waals surface area contributed by atoms with Crippen LogP contribution in [0.1, 0.15) is 16.2 Å². The van der Waals surface area contributed by atoms with E-state index < -0.39 is 10.0 Å². The lowest BCUT2D eigenvalue weighted by Crippen LogP contribution is -2.23. The molecule has 0 fully saturated rings. The molecule has 2 heterocycles. The fourth-order valence-electron chi connectivity index (χ4n) is 2.46. The number of likely N-dealkylation sites (N-methyl/N-ethyl adjacent to an activating group) is 1. The largest absolute Gasteiger partial charge is 0.468 e. The van der Waals surface area contributed by atoms with Crippen molar-refractivity contribution in [1.29, 1.82) is 0 Å². The highest BCUT2D eigenvalue weighted by atomic mass is 35.5. The number of nitrogens with one attached hydrogen (secondary N) is 1. The lowest BCUT2D eigenvalue weighted by atomic mass is 10.2. The topological polar surface area (TPSA) is 79.6 Å². The van der Waals surface area contributed by atoms with Crippen molar-refractivity contribution in [3.63, 3.8) is 0 Å². The van der Waals surface area contributed by atoms with Gasteiger partial charge < -0.3 is 9.32 Å². The first-order valence-electron chi connectivity index (χ1n) is 8.63. The summed E-state index contributed by atoms with van der Waals surface area (Å²) in [5.41, 5.74) is 0.718. The molecule has 3 rings (SSSR count). The first kappa shape index (κ1) is 21.3. The van der Waals surface area contributed by atoms with E-state index >= 15 is 0 Å². The van der Waals surface area contributed by atoms with E-state index in [-0.39, 0.29) is 17.3 Å². The Bertz CT molecular complexity index is 1090. The van der Waals surface area contributed by atoms with Crippen LogP contribution in [-0.2, 0) is 27.9 Å². The Morgan fingerprint density at radius 2 is 1.97 bits per heavy atom. The highest BCUT2D eigenvalue weighted by molar-refractivity contribution is 7.89. The number of amides is 1. The Morgan fingerprint density at radius 1 is 1.21 bits per heavy atom. The Labute approximate surface area is 178 Å². The molecule has 0 atom stereocenters. The molecule has 0 aliphatic carbocycles. The summed E-state index contributed by atoms with van der Waals surface area (Å²) < 4.78 is 32.9. The van der Waals surface area contributed by atoms with Gasteiger partial charge in [-0.05, 0) is 48.0 Å². The van der Waals surface area contributed by atoms with E-state index in [1.54, 1.807) is 48.4 Å². The molecule has 29 heavy (non-hydrogen) atoms. The monoisotopic (exact) mass is 450 g/mol. The van der Waals surface area contributed by atoms with Crippen molar-refractivity contribution in [1.82, 2.24) is 9.62 Å². The zero-order valence-corrected chi connectivity index (χ0v) is 17.9. The highest BCUT2D eigenvalue weighted by Crippen LogP contribution is 2.22. The fraction of sp³-hybridized carbons (Fsp3) is 0.150. The third-order valence-electron chi connectivity index (χ3n) is 4.02. The maximum absolute atomic E-state index is 12.3. The summed E-state index contributed by atoms with van der Waals surface area (Å²) >= 11 is 7.34. The summed E-state index contributed by atoms with van der Waals surface area (Å²) in [5.74, 6) is 0.368. The first-order chi connectivity index (χ1) is 13.8. The van der Waals surface area contributed by atoms with E-state index in [1.165, 1.54) is 35.8 Å². The lowest BCUT2D eigenvalue weighted by molar-refractivity contribution is -0.125. The Morgan fingerprint density at radius 3 is 2.59 bits per heavy atom.